The van der Waals surface area contributed by atoms with Gasteiger partial charge in [-0.1, -0.05) is 13.8 Å². The molecule has 100 valence electrons. The van der Waals surface area contributed by atoms with Crippen molar-refractivity contribution in [3.8, 4) is 0 Å². The minimum atomic E-state index is 0.0383. The average Bonchev–Trinajstić information content (AvgIpc) is 2.74. The quantitative estimate of drug-likeness (QED) is 0.846. The Balaban J connectivity index is 2.00. The van der Waals surface area contributed by atoms with Gasteiger partial charge in [-0.3, -0.25) is 4.79 Å². The topological polar surface area (TPSA) is 62.1 Å². The van der Waals surface area contributed by atoms with E-state index in [4.69, 9.17) is 5.73 Å². The van der Waals surface area contributed by atoms with Crippen molar-refractivity contribution >= 4 is 11.6 Å². The number of nitrogen functional groups attached to an aromatic ring is 1. The molecule has 4 heteroatoms. The average molecular weight is 249 g/mol. The van der Waals surface area contributed by atoms with E-state index in [1.165, 1.54) is 12.8 Å². The second-order valence-electron chi connectivity index (χ2n) is 6.16. The lowest BCUT2D eigenvalue weighted by molar-refractivity contribution is 0.0630. The molecule has 1 aliphatic carbocycles. The molecule has 1 aromatic rings. The van der Waals surface area contributed by atoms with Gasteiger partial charge in [0.25, 0.3) is 5.91 Å². The van der Waals surface area contributed by atoms with Gasteiger partial charge < -0.3 is 15.6 Å². The molecule has 18 heavy (non-hydrogen) atoms. The molecule has 1 fully saturated rings. The van der Waals surface area contributed by atoms with Gasteiger partial charge in [0.2, 0.25) is 0 Å². The smallest absolute Gasteiger partial charge is 0.270 e. The second kappa shape index (κ2) is 4.67. The van der Waals surface area contributed by atoms with Crippen LogP contribution in [0.5, 0.6) is 0 Å². The zero-order valence-corrected chi connectivity index (χ0v) is 11.5. The van der Waals surface area contributed by atoms with E-state index in [2.05, 4.69) is 18.8 Å². The van der Waals surface area contributed by atoms with Crippen LogP contribution in [0.2, 0.25) is 0 Å². The maximum atomic E-state index is 12.3. The van der Waals surface area contributed by atoms with Crippen LogP contribution in [0, 0.1) is 5.41 Å². The molecule has 1 aromatic heterocycles. The fourth-order valence-electron chi connectivity index (χ4n) is 2.66. The monoisotopic (exact) mass is 249 g/mol. The number of rotatable bonds is 2. The Morgan fingerprint density at radius 1 is 1.44 bits per heavy atom. The van der Waals surface area contributed by atoms with Gasteiger partial charge in [0, 0.05) is 25.0 Å². The van der Waals surface area contributed by atoms with Crippen molar-refractivity contribution in [3.05, 3.63) is 18.0 Å². The molecule has 0 unspecified atom stereocenters. The van der Waals surface area contributed by atoms with E-state index in [9.17, 15) is 4.79 Å². The standard InChI is InChI=1S/C14H23N3O/c1-14(2)6-4-11(5-7-14)17(3)13(18)12-8-10(15)9-16-12/h8-9,11,16H,4-7,15H2,1-3H3. The van der Waals surface area contributed by atoms with Crippen LogP contribution in [0.15, 0.2) is 12.3 Å². The largest absolute Gasteiger partial charge is 0.397 e. The van der Waals surface area contributed by atoms with Crippen LogP contribution < -0.4 is 5.73 Å². The molecule has 2 rings (SSSR count). The summed E-state index contributed by atoms with van der Waals surface area (Å²) in [5.41, 5.74) is 7.25. The maximum Gasteiger partial charge on any atom is 0.270 e. The summed E-state index contributed by atoms with van der Waals surface area (Å²) in [5.74, 6) is 0.0383. The van der Waals surface area contributed by atoms with E-state index in [0.717, 1.165) is 12.8 Å². The lowest BCUT2D eigenvalue weighted by Gasteiger charge is -2.38. The Morgan fingerprint density at radius 3 is 2.56 bits per heavy atom. The second-order valence-corrected chi connectivity index (χ2v) is 6.16. The highest BCUT2D eigenvalue weighted by molar-refractivity contribution is 5.93. The van der Waals surface area contributed by atoms with Gasteiger partial charge in [-0.2, -0.15) is 0 Å². The minimum absolute atomic E-state index is 0.0383. The third kappa shape index (κ3) is 2.68. The summed E-state index contributed by atoms with van der Waals surface area (Å²) in [6.07, 6.45) is 6.20. The first-order valence-electron chi connectivity index (χ1n) is 6.60. The van der Waals surface area contributed by atoms with E-state index in [-0.39, 0.29) is 5.91 Å². The number of aromatic nitrogens is 1. The summed E-state index contributed by atoms with van der Waals surface area (Å²) < 4.78 is 0. The fourth-order valence-corrected chi connectivity index (χ4v) is 2.66. The molecule has 3 N–H and O–H groups in total. The summed E-state index contributed by atoms with van der Waals surface area (Å²) in [6.45, 7) is 4.60. The van der Waals surface area contributed by atoms with Crippen molar-refractivity contribution in [2.24, 2.45) is 5.41 Å². The zero-order valence-electron chi connectivity index (χ0n) is 11.5. The fraction of sp³-hybridized carbons (Fsp3) is 0.643. The van der Waals surface area contributed by atoms with Crippen molar-refractivity contribution in [1.29, 1.82) is 0 Å². The lowest BCUT2D eigenvalue weighted by Crippen LogP contribution is -2.41. The van der Waals surface area contributed by atoms with Crippen LogP contribution in [-0.2, 0) is 0 Å². The summed E-state index contributed by atoms with van der Waals surface area (Å²) in [5, 5.41) is 0. The minimum Gasteiger partial charge on any atom is -0.397 e. The Kier molecular flexibility index (Phi) is 3.37. The first kappa shape index (κ1) is 13.0. The number of anilines is 1. The summed E-state index contributed by atoms with van der Waals surface area (Å²) in [7, 11) is 1.89. The number of nitrogens with one attached hydrogen (secondary N) is 1. The van der Waals surface area contributed by atoms with E-state index in [0.29, 0.717) is 22.8 Å². The van der Waals surface area contributed by atoms with Crippen molar-refractivity contribution in [2.75, 3.05) is 12.8 Å². The Hall–Kier alpha value is -1.45. The van der Waals surface area contributed by atoms with Gasteiger partial charge in [-0.05, 0) is 37.2 Å². The van der Waals surface area contributed by atoms with Gasteiger partial charge in [-0.25, -0.2) is 0 Å². The van der Waals surface area contributed by atoms with E-state index < -0.39 is 0 Å². The summed E-state index contributed by atoms with van der Waals surface area (Å²) in [6, 6.07) is 2.06. The molecular formula is C14H23N3O. The molecule has 1 heterocycles. The number of nitrogens with zero attached hydrogens (tertiary/aromatic N) is 1. The lowest BCUT2D eigenvalue weighted by atomic mass is 9.75. The van der Waals surface area contributed by atoms with E-state index in [1.807, 2.05) is 11.9 Å². The van der Waals surface area contributed by atoms with E-state index in [1.54, 1.807) is 12.3 Å². The van der Waals surface area contributed by atoms with Crippen LogP contribution in [0.4, 0.5) is 5.69 Å². The summed E-state index contributed by atoms with van der Waals surface area (Å²) >= 11 is 0. The number of aromatic amines is 1. The molecule has 0 bridgehead atoms. The molecular weight excluding hydrogens is 226 g/mol. The molecule has 0 atom stereocenters. The van der Waals surface area contributed by atoms with Crippen LogP contribution in [0.1, 0.15) is 50.0 Å². The van der Waals surface area contributed by atoms with Gasteiger partial charge in [0.15, 0.2) is 0 Å². The molecule has 1 saturated carbocycles. The predicted molar refractivity (Wildman–Crippen MR) is 73.3 cm³/mol. The number of hydrogen-bond donors (Lipinski definition) is 2. The predicted octanol–water partition coefficient (Wildman–Crippen LogP) is 2.64. The Morgan fingerprint density at radius 2 is 2.06 bits per heavy atom. The van der Waals surface area contributed by atoms with Crippen molar-refractivity contribution in [3.63, 3.8) is 0 Å². The number of carbonyl (C=O) groups is 1. The van der Waals surface area contributed by atoms with Gasteiger partial charge in [0.1, 0.15) is 5.69 Å². The Labute approximate surface area is 109 Å². The zero-order chi connectivity index (χ0) is 13.3. The van der Waals surface area contributed by atoms with Gasteiger partial charge >= 0.3 is 0 Å². The molecule has 0 spiro atoms. The number of hydrogen-bond acceptors (Lipinski definition) is 2. The Bertz CT molecular complexity index is 426. The highest BCUT2D eigenvalue weighted by atomic mass is 16.2. The van der Waals surface area contributed by atoms with Gasteiger partial charge in [0.05, 0.1) is 0 Å². The highest BCUT2D eigenvalue weighted by Gasteiger charge is 2.31. The summed E-state index contributed by atoms with van der Waals surface area (Å²) in [4.78, 5) is 17.0. The number of nitrogens with two attached hydrogens (primary N) is 1. The van der Waals surface area contributed by atoms with Crippen molar-refractivity contribution in [1.82, 2.24) is 9.88 Å². The number of amides is 1. The number of carbonyl (C=O) groups excluding carboxylic acids is 1. The molecule has 0 aromatic carbocycles. The normalized spacial score (nSPS) is 19.7. The first-order valence-corrected chi connectivity index (χ1v) is 6.60. The van der Waals surface area contributed by atoms with Crippen LogP contribution in [0.25, 0.3) is 0 Å². The third-order valence-electron chi connectivity index (χ3n) is 4.11. The first-order chi connectivity index (χ1) is 8.39. The van der Waals surface area contributed by atoms with Crippen LogP contribution in [-0.4, -0.2) is 28.9 Å². The van der Waals surface area contributed by atoms with Crippen molar-refractivity contribution < 1.29 is 4.79 Å². The molecule has 0 saturated heterocycles. The SMILES string of the molecule is CN(C(=O)c1cc(N)c[nH]1)C1CCC(C)(C)CC1. The number of H-pyrrole nitrogens is 1. The van der Waals surface area contributed by atoms with Crippen LogP contribution in [0.3, 0.4) is 0 Å². The van der Waals surface area contributed by atoms with Gasteiger partial charge in [-0.15, -0.1) is 0 Å². The van der Waals surface area contributed by atoms with Crippen LogP contribution >= 0.6 is 0 Å². The molecule has 0 aliphatic heterocycles. The molecule has 1 amide bonds. The van der Waals surface area contributed by atoms with Crippen molar-refractivity contribution in [2.45, 2.75) is 45.6 Å². The molecule has 1 aliphatic rings. The molecule has 4 nitrogen and oxygen atoms in total. The third-order valence-corrected chi connectivity index (χ3v) is 4.11. The van der Waals surface area contributed by atoms with E-state index >= 15 is 0 Å². The highest BCUT2D eigenvalue weighted by Crippen LogP contribution is 2.36. The maximum absolute atomic E-state index is 12.3. The molecule has 0 radical (unpaired) electrons.